The van der Waals surface area contributed by atoms with Crippen molar-refractivity contribution in [2.75, 3.05) is 6.61 Å². The van der Waals surface area contributed by atoms with Gasteiger partial charge in [0.25, 0.3) is 5.91 Å². The third kappa shape index (κ3) is 4.26. The Bertz CT molecular complexity index is 723. The van der Waals surface area contributed by atoms with Crippen LogP contribution in [0.4, 0.5) is 13.2 Å². The van der Waals surface area contributed by atoms with E-state index in [1.165, 1.54) is 0 Å². The highest BCUT2D eigenvalue weighted by Crippen LogP contribution is 2.25. The van der Waals surface area contributed by atoms with Crippen molar-refractivity contribution < 1.29 is 27.8 Å². The van der Waals surface area contributed by atoms with Gasteiger partial charge in [-0.3, -0.25) is 4.79 Å². The average molecular weight is 339 g/mol. The highest BCUT2D eigenvalue weighted by Gasteiger charge is 2.23. The number of nitrogens with one attached hydrogen (secondary N) is 1. The van der Waals surface area contributed by atoms with Crippen LogP contribution in [0.3, 0.4) is 0 Å². The molecule has 0 radical (unpaired) electrons. The Morgan fingerprint density at radius 3 is 2.54 bits per heavy atom. The highest BCUT2D eigenvalue weighted by molar-refractivity contribution is 5.95. The first-order valence-corrected chi connectivity index (χ1v) is 7.19. The number of benzene rings is 2. The van der Waals surface area contributed by atoms with Gasteiger partial charge in [0.1, 0.15) is 0 Å². The SMILES string of the molecule is CC(COCc1ccccc1)NC(=O)c1cc(F)c(F)c(O)c1F. The maximum absolute atomic E-state index is 13.7. The number of hydrogen-bond donors (Lipinski definition) is 2. The van der Waals surface area contributed by atoms with Gasteiger partial charge in [0, 0.05) is 6.04 Å². The Morgan fingerprint density at radius 2 is 1.88 bits per heavy atom. The van der Waals surface area contributed by atoms with Gasteiger partial charge >= 0.3 is 0 Å². The molecule has 1 amide bonds. The molecule has 1 unspecified atom stereocenters. The van der Waals surface area contributed by atoms with Gasteiger partial charge in [-0.1, -0.05) is 30.3 Å². The summed E-state index contributed by atoms with van der Waals surface area (Å²) in [5, 5.41) is 11.5. The molecule has 2 rings (SSSR count). The van der Waals surface area contributed by atoms with E-state index in [1.54, 1.807) is 6.92 Å². The number of phenolic OH excluding ortho intramolecular Hbond substituents is 1. The fourth-order valence-corrected chi connectivity index (χ4v) is 2.03. The minimum Gasteiger partial charge on any atom is -0.503 e. The molecule has 0 aliphatic heterocycles. The molecule has 2 aromatic carbocycles. The molecular weight excluding hydrogens is 323 g/mol. The standard InChI is InChI=1S/C17H16F3NO3/c1-10(8-24-9-11-5-3-2-4-6-11)21-17(23)12-7-13(18)15(20)16(22)14(12)19/h2-7,10,22H,8-9H2,1H3,(H,21,23). The number of carbonyl (C=O) groups excluding carboxylic acids is 1. The molecule has 0 saturated carbocycles. The number of ether oxygens (including phenoxy) is 1. The smallest absolute Gasteiger partial charge is 0.254 e. The lowest BCUT2D eigenvalue weighted by Crippen LogP contribution is -2.36. The van der Waals surface area contributed by atoms with Crippen molar-refractivity contribution in [2.45, 2.75) is 19.6 Å². The number of amides is 1. The molecule has 24 heavy (non-hydrogen) atoms. The van der Waals surface area contributed by atoms with Crippen molar-refractivity contribution in [3.8, 4) is 5.75 Å². The van der Waals surface area contributed by atoms with Crippen molar-refractivity contribution in [2.24, 2.45) is 0 Å². The van der Waals surface area contributed by atoms with E-state index < -0.39 is 40.7 Å². The molecule has 2 aromatic rings. The Kier molecular flexibility index (Phi) is 5.81. The van der Waals surface area contributed by atoms with Crippen LogP contribution in [0.25, 0.3) is 0 Å². The van der Waals surface area contributed by atoms with E-state index in [-0.39, 0.29) is 6.61 Å². The number of carbonyl (C=O) groups is 1. The van der Waals surface area contributed by atoms with Gasteiger partial charge in [-0.05, 0) is 18.6 Å². The summed E-state index contributed by atoms with van der Waals surface area (Å²) in [7, 11) is 0. The molecule has 0 aromatic heterocycles. The molecule has 0 saturated heterocycles. The maximum atomic E-state index is 13.7. The van der Waals surface area contributed by atoms with Gasteiger partial charge in [-0.15, -0.1) is 0 Å². The molecule has 1 atom stereocenters. The number of rotatable bonds is 6. The summed E-state index contributed by atoms with van der Waals surface area (Å²) in [6.07, 6.45) is 0. The second kappa shape index (κ2) is 7.83. The maximum Gasteiger partial charge on any atom is 0.254 e. The third-order valence-corrected chi connectivity index (χ3v) is 3.23. The molecule has 2 N–H and O–H groups in total. The Morgan fingerprint density at radius 1 is 1.21 bits per heavy atom. The number of halogens is 3. The van der Waals surface area contributed by atoms with Crippen molar-refractivity contribution >= 4 is 5.91 Å². The molecule has 4 nitrogen and oxygen atoms in total. The van der Waals surface area contributed by atoms with Crippen molar-refractivity contribution in [3.63, 3.8) is 0 Å². The van der Waals surface area contributed by atoms with Crippen LogP contribution in [-0.2, 0) is 11.3 Å². The minimum atomic E-state index is -1.73. The second-order valence-electron chi connectivity index (χ2n) is 5.26. The molecule has 0 spiro atoms. The van der Waals surface area contributed by atoms with Crippen LogP contribution in [0.5, 0.6) is 5.75 Å². The molecule has 0 fully saturated rings. The average Bonchev–Trinajstić information content (AvgIpc) is 2.57. The van der Waals surface area contributed by atoms with Gasteiger partial charge < -0.3 is 15.2 Å². The van der Waals surface area contributed by atoms with Crippen LogP contribution >= 0.6 is 0 Å². The first-order chi connectivity index (χ1) is 11.4. The van der Waals surface area contributed by atoms with Crippen LogP contribution in [0.1, 0.15) is 22.8 Å². The molecule has 128 valence electrons. The van der Waals surface area contributed by atoms with Crippen LogP contribution in [0.2, 0.25) is 0 Å². The molecular formula is C17H16F3NO3. The van der Waals surface area contributed by atoms with Gasteiger partial charge in [0.05, 0.1) is 18.8 Å². The lowest BCUT2D eigenvalue weighted by Gasteiger charge is -2.15. The summed E-state index contributed by atoms with van der Waals surface area (Å²) >= 11 is 0. The zero-order valence-corrected chi connectivity index (χ0v) is 12.9. The topological polar surface area (TPSA) is 58.6 Å². The Hall–Kier alpha value is -2.54. The van der Waals surface area contributed by atoms with Crippen LogP contribution < -0.4 is 5.32 Å². The monoisotopic (exact) mass is 339 g/mol. The van der Waals surface area contributed by atoms with E-state index >= 15 is 0 Å². The molecule has 0 aliphatic carbocycles. The summed E-state index contributed by atoms with van der Waals surface area (Å²) in [5.74, 6) is -7.25. The summed E-state index contributed by atoms with van der Waals surface area (Å²) in [6, 6.07) is 9.25. The van der Waals surface area contributed by atoms with Gasteiger partial charge in [-0.2, -0.15) is 4.39 Å². The number of aromatic hydroxyl groups is 1. The Labute approximate surface area is 136 Å². The van der Waals surface area contributed by atoms with Gasteiger partial charge in [0.15, 0.2) is 17.4 Å². The minimum absolute atomic E-state index is 0.137. The summed E-state index contributed by atoms with van der Waals surface area (Å²) < 4.78 is 45.3. The second-order valence-corrected chi connectivity index (χ2v) is 5.26. The van der Waals surface area contributed by atoms with E-state index in [1.807, 2.05) is 30.3 Å². The zero-order chi connectivity index (χ0) is 17.7. The van der Waals surface area contributed by atoms with Gasteiger partial charge in [0.2, 0.25) is 5.82 Å². The lowest BCUT2D eigenvalue weighted by atomic mass is 10.1. The van der Waals surface area contributed by atoms with Crippen LogP contribution in [-0.4, -0.2) is 23.7 Å². The number of phenols is 1. The molecule has 0 heterocycles. The van der Waals surface area contributed by atoms with Crippen molar-refractivity contribution in [1.29, 1.82) is 0 Å². The van der Waals surface area contributed by atoms with Crippen molar-refractivity contribution in [3.05, 3.63) is 65.0 Å². The molecule has 0 aliphatic rings. The fraction of sp³-hybridized carbons (Fsp3) is 0.235. The van der Waals surface area contributed by atoms with E-state index in [2.05, 4.69) is 5.32 Å². The van der Waals surface area contributed by atoms with Gasteiger partial charge in [-0.25, -0.2) is 8.78 Å². The Balaban J connectivity index is 1.92. The predicted octanol–water partition coefficient (Wildman–Crippen LogP) is 3.14. The normalized spacial score (nSPS) is 12.0. The van der Waals surface area contributed by atoms with Crippen LogP contribution in [0, 0.1) is 17.5 Å². The van der Waals surface area contributed by atoms with Crippen molar-refractivity contribution in [1.82, 2.24) is 5.32 Å². The first kappa shape index (κ1) is 17.8. The number of hydrogen-bond acceptors (Lipinski definition) is 3. The zero-order valence-electron chi connectivity index (χ0n) is 12.9. The van der Waals surface area contributed by atoms with E-state index in [0.717, 1.165) is 5.56 Å². The third-order valence-electron chi connectivity index (χ3n) is 3.23. The van der Waals surface area contributed by atoms with E-state index in [0.29, 0.717) is 12.7 Å². The van der Waals surface area contributed by atoms with Crippen LogP contribution in [0.15, 0.2) is 36.4 Å². The quantitative estimate of drug-likeness (QED) is 0.795. The van der Waals surface area contributed by atoms with E-state index in [9.17, 15) is 18.0 Å². The highest BCUT2D eigenvalue weighted by atomic mass is 19.2. The molecule has 0 bridgehead atoms. The summed E-state index contributed by atoms with van der Waals surface area (Å²) in [5.41, 5.74) is 0.175. The predicted molar refractivity (Wildman–Crippen MR) is 81.0 cm³/mol. The lowest BCUT2D eigenvalue weighted by molar-refractivity contribution is 0.0816. The molecule has 7 heteroatoms. The summed E-state index contributed by atoms with van der Waals surface area (Å²) in [4.78, 5) is 11.9. The first-order valence-electron chi connectivity index (χ1n) is 7.19. The fourth-order valence-electron chi connectivity index (χ4n) is 2.03. The summed E-state index contributed by atoms with van der Waals surface area (Å²) in [6.45, 7) is 2.08. The van der Waals surface area contributed by atoms with E-state index in [4.69, 9.17) is 9.84 Å². The largest absolute Gasteiger partial charge is 0.503 e.